The van der Waals surface area contributed by atoms with Gasteiger partial charge in [0.1, 0.15) is 11.4 Å². The Hall–Kier alpha value is -1.62. The van der Waals surface area contributed by atoms with Crippen molar-refractivity contribution < 1.29 is 14.3 Å². The Kier molecular flexibility index (Phi) is 5.95. The summed E-state index contributed by atoms with van der Waals surface area (Å²) in [7, 11) is 1.92. The summed E-state index contributed by atoms with van der Waals surface area (Å²) in [6.07, 6.45) is 1.28. The molecule has 112 valence electrons. The second-order valence-electron chi connectivity index (χ2n) is 5.17. The maximum atomic E-state index is 12.8. The van der Waals surface area contributed by atoms with E-state index in [2.05, 4.69) is 5.32 Å². The summed E-state index contributed by atoms with van der Waals surface area (Å²) in [5.74, 6) is -1.09. The fraction of sp³-hybridized carbons (Fsp3) is 0.533. The number of carbonyl (C=O) groups is 1. The van der Waals surface area contributed by atoms with Gasteiger partial charge in [-0.05, 0) is 50.6 Å². The third-order valence-corrected chi connectivity index (χ3v) is 3.48. The molecule has 1 unspecified atom stereocenters. The highest BCUT2D eigenvalue weighted by molar-refractivity contribution is 5.78. The van der Waals surface area contributed by atoms with Gasteiger partial charge in [-0.3, -0.25) is 4.79 Å². The van der Waals surface area contributed by atoms with Crippen molar-refractivity contribution in [2.24, 2.45) is 0 Å². The Morgan fingerprint density at radius 2 is 2.00 bits per heavy atom. The van der Waals surface area contributed by atoms with Gasteiger partial charge < -0.3 is 15.3 Å². The zero-order valence-corrected chi connectivity index (χ0v) is 12.3. The molecule has 1 rings (SSSR count). The lowest BCUT2D eigenvalue weighted by Gasteiger charge is -2.27. The van der Waals surface area contributed by atoms with Gasteiger partial charge in [-0.25, -0.2) is 4.39 Å². The van der Waals surface area contributed by atoms with Gasteiger partial charge in [-0.15, -0.1) is 0 Å². The van der Waals surface area contributed by atoms with Crippen LogP contribution in [-0.2, 0) is 4.79 Å². The zero-order valence-electron chi connectivity index (χ0n) is 12.3. The number of likely N-dealkylation sites (N-methyl/N-ethyl adjacent to an activating group) is 1. The van der Waals surface area contributed by atoms with Gasteiger partial charge >= 0.3 is 5.97 Å². The number of carboxylic acid groups (broad SMARTS) is 1. The largest absolute Gasteiger partial charge is 0.480 e. The third-order valence-electron chi connectivity index (χ3n) is 3.48. The molecule has 0 amide bonds. The molecular formula is C15H23FN2O2. The van der Waals surface area contributed by atoms with E-state index in [1.165, 1.54) is 12.1 Å². The van der Waals surface area contributed by atoms with E-state index in [4.69, 9.17) is 0 Å². The Labute approximate surface area is 119 Å². The van der Waals surface area contributed by atoms with Crippen LogP contribution in [0.15, 0.2) is 24.3 Å². The molecule has 0 aliphatic carbocycles. The van der Waals surface area contributed by atoms with Crippen molar-refractivity contribution in [1.82, 2.24) is 5.32 Å². The molecule has 1 atom stereocenters. The lowest BCUT2D eigenvalue weighted by molar-refractivity contribution is -0.144. The Morgan fingerprint density at radius 3 is 2.50 bits per heavy atom. The van der Waals surface area contributed by atoms with Crippen LogP contribution in [0.1, 0.15) is 26.7 Å². The SMILES string of the molecule is CCNC(C)(CCCN(C)c1ccc(F)cc1)C(=O)O. The Balaban J connectivity index is 2.50. The smallest absolute Gasteiger partial charge is 0.323 e. The highest BCUT2D eigenvalue weighted by Crippen LogP contribution is 2.17. The predicted octanol–water partition coefficient (Wildman–Crippen LogP) is 2.49. The molecule has 1 aromatic carbocycles. The van der Waals surface area contributed by atoms with Gasteiger partial charge in [0, 0.05) is 19.3 Å². The van der Waals surface area contributed by atoms with Gasteiger partial charge in [-0.2, -0.15) is 0 Å². The van der Waals surface area contributed by atoms with Crippen molar-refractivity contribution in [1.29, 1.82) is 0 Å². The number of anilines is 1. The molecule has 0 spiro atoms. The summed E-state index contributed by atoms with van der Waals surface area (Å²) in [5.41, 5.74) is 0.0325. The van der Waals surface area contributed by atoms with Crippen molar-refractivity contribution in [2.75, 3.05) is 25.0 Å². The van der Waals surface area contributed by atoms with Crippen LogP contribution in [0.3, 0.4) is 0 Å². The van der Waals surface area contributed by atoms with E-state index in [-0.39, 0.29) is 5.82 Å². The molecule has 4 nitrogen and oxygen atoms in total. The van der Waals surface area contributed by atoms with E-state index in [1.54, 1.807) is 19.1 Å². The fourth-order valence-electron chi connectivity index (χ4n) is 2.16. The van der Waals surface area contributed by atoms with E-state index >= 15 is 0 Å². The number of hydrogen-bond donors (Lipinski definition) is 2. The number of benzene rings is 1. The number of nitrogens with one attached hydrogen (secondary N) is 1. The van der Waals surface area contributed by atoms with Gasteiger partial charge in [-0.1, -0.05) is 6.92 Å². The van der Waals surface area contributed by atoms with Crippen LogP contribution in [-0.4, -0.2) is 36.8 Å². The number of rotatable bonds is 8. The lowest BCUT2D eigenvalue weighted by atomic mass is 9.95. The topological polar surface area (TPSA) is 52.6 Å². The number of aliphatic carboxylic acids is 1. The quantitative estimate of drug-likeness (QED) is 0.769. The van der Waals surface area contributed by atoms with Gasteiger partial charge in [0.05, 0.1) is 0 Å². The second-order valence-corrected chi connectivity index (χ2v) is 5.17. The summed E-state index contributed by atoms with van der Waals surface area (Å²) < 4.78 is 12.8. The van der Waals surface area contributed by atoms with E-state index in [0.29, 0.717) is 13.0 Å². The first-order valence-corrected chi connectivity index (χ1v) is 6.84. The average Bonchev–Trinajstić information content (AvgIpc) is 2.39. The first-order chi connectivity index (χ1) is 9.39. The molecule has 0 heterocycles. The molecule has 1 aromatic rings. The first kappa shape index (κ1) is 16.4. The van der Waals surface area contributed by atoms with Crippen LogP contribution in [0.2, 0.25) is 0 Å². The van der Waals surface area contributed by atoms with Crippen LogP contribution in [0.25, 0.3) is 0 Å². The molecule has 5 heteroatoms. The molecule has 0 aliphatic rings. The number of carboxylic acids is 1. The standard InChI is InChI=1S/C15H23FN2O2/c1-4-17-15(2,14(19)20)10-5-11-18(3)13-8-6-12(16)7-9-13/h6-9,17H,4-5,10-11H2,1-3H3,(H,19,20). The molecule has 0 saturated heterocycles. The van der Waals surface area contributed by atoms with Crippen LogP contribution in [0, 0.1) is 5.82 Å². The lowest BCUT2D eigenvalue weighted by Crippen LogP contribution is -2.49. The van der Waals surface area contributed by atoms with Crippen molar-refractivity contribution in [3.63, 3.8) is 0 Å². The second kappa shape index (κ2) is 7.24. The summed E-state index contributed by atoms with van der Waals surface area (Å²) >= 11 is 0. The first-order valence-electron chi connectivity index (χ1n) is 6.84. The molecule has 0 saturated carbocycles. The number of hydrogen-bond acceptors (Lipinski definition) is 3. The predicted molar refractivity (Wildman–Crippen MR) is 78.6 cm³/mol. The van der Waals surface area contributed by atoms with E-state index < -0.39 is 11.5 Å². The third kappa shape index (κ3) is 4.49. The monoisotopic (exact) mass is 282 g/mol. The molecular weight excluding hydrogens is 259 g/mol. The summed E-state index contributed by atoms with van der Waals surface area (Å²) in [6, 6.07) is 6.28. The zero-order chi connectivity index (χ0) is 15.2. The minimum Gasteiger partial charge on any atom is -0.480 e. The fourth-order valence-corrected chi connectivity index (χ4v) is 2.16. The molecule has 20 heavy (non-hydrogen) atoms. The molecule has 0 aromatic heterocycles. The van der Waals surface area contributed by atoms with Crippen molar-refractivity contribution in [3.05, 3.63) is 30.1 Å². The maximum Gasteiger partial charge on any atom is 0.323 e. The molecule has 0 radical (unpaired) electrons. The van der Waals surface area contributed by atoms with Crippen LogP contribution in [0.5, 0.6) is 0 Å². The molecule has 0 aliphatic heterocycles. The number of halogens is 1. The van der Waals surface area contributed by atoms with E-state index in [1.807, 2.05) is 18.9 Å². The van der Waals surface area contributed by atoms with Crippen LogP contribution >= 0.6 is 0 Å². The van der Waals surface area contributed by atoms with E-state index in [0.717, 1.165) is 18.7 Å². The minimum absolute atomic E-state index is 0.257. The summed E-state index contributed by atoms with van der Waals surface area (Å²) in [4.78, 5) is 13.3. The van der Waals surface area contributed by atoms with Gasteiger partial charge in [0.15, 0.2) is 0 Å². The van der Waals surface area contributed by atoms with Crippen molar-refractivity contribution >= 4 is 11.7 Å². The normalized spacial score (nSPS) is 13.8. The van der Waals surface area contributed by atoms with Crippen LogP contribution < -0.4 is 10.2 Å². The Morgan fingerprint density at radius 1 is 1.40 bits per heavy atom. The highest BCUT2D eigenvalue weighted by Gasteiger charge is 2.31. The summed E-state index contributed by atoms with van der Waals surface area (Å²) in [6.45, 7) is 4.94. The summed E-state index contributed by atoms with van der Waals surface area (Å²) in [5, 5.41) is 12.3. The average molecular weight is 282 g/mol. The Bertz CT molecular complexity index is 436. The molecule has 0 fully saturated rings. The molecule has 0 bridgehead atoms. The maximum absolute atomic E-state index is 12.8. The number of nitrogens with zero attached hydrogens (tertiary/aromatic N) is 1. The van der Waals surface area contributed by atoms with Gasteiger partial charge in [0.25, 0.3) is 0 Å². The van der Waals surface area contributed by atoms with Crippen molar-refractivity contribution in [2.45, 2.75) is 32.2 Å². The molecule has 2 N–H and O–H groups in total. The highest BCUT2D eigenvalue weighted by atomic mass is 19.1. The van der Waals surface area contributed by atoms with Gasteiger partial charge in [0.2, 0.25) is 0 Å². The minimum atomic E-state index is -0.890. The van der Waals surface area contributed by atoms with Crippen LogP contribution in [0.4, 0.5) is 10.1 Å². The van der Waals surface area contributed by atoms with E-state index in [9.17, 15) is 14.3 Å². The van der Waals surface area contributed by atoms with Crippen molar-refractivity contribution in [3.8, 4) is 0 Å².